The Balaban J connectivity index is 1.72. The van der Waals surface area contributed by atoms with E-state index >= 15 is 0 Å². The smallest absolute Gasteiger partial charge is 0.124 e. The number of pyridine rings is 1. The molecule has 3 aromatic rings. The summed E-state index contributed by atoms with van der Waals surface area (Å²) in [6, 6.07) is 16.3. The van der Waals surface area contributed by atoms with Gasteiger partial charge in [-0.15, -0.1) is 0 Å². The van der Waals surface area contributed by atoms with Gasteiger partial charge in [-0.1, -0.05) is 50.1 Å². The minimum atomic E-state index is 0.304. The molecule has 1 saturated carbocycles. The first-order valence-electron chi connectivity index (χ1n) is 8.80. The molecule has 0 aliphatic heterocycles. The number of benzene rings is 2. The van der Waals surface area contributed by atoms with Crippen LogP contribution in [0.1, 0.15) is 38.2 Å². The van der Waals surface area contributed by atoms with Gasteiger partial charge < -0.3 is 5.11 Å². The fourth-order valence-corrected chi connectivity index (χ4v) is 4.03. The van der Waals surface area contributed by atoms with Crippen LogP contribution in [0.15, 0.2) is 54.7 Å². The predicted molar refractivity (Wildman–Crippen MR) is 99.1 cm³/mol. The number of phenolic OH excluding ortho intramolecular Hbond substituents is 1. The zero-order valence-corrected chi connectivity index (χ0v) is 14.1. The molecule has 2 heteroatoms. The molecule has 1 aromatic heterocycles. The van der Waals surface area contributed by atoms with Gasteiger partial charge >= 0.3 is 0 Å². The van der Waals surface area contributed by atoms with E-state index in [9.17, 15) is 5.11 Å². The number of rotatable bonds is 3. The van der Waals surface area contributed by atoms with E-state index in [2.05, 4.69) is 42.2 Å². The van der Waals surface area contributed by atoms with Gasteiger partial charge in [-0.2, -0.15) is 0 Å². The molecule has 0 spiro atoms. The van der Waals surface area contributed by atoms with Gasteiger partial charge in [0.1, 0.15) is 5.75 Å². The monoisotopic (exact) mass is 317 g/mol. The van der Waals surface area contributed by atoms with Crippen molar-refractivity contribution in [2.24, 2.45) is 5.41 Å². The molecular weight excluding hydrogens is 294 g/mol. The molecule has 1 heterocycles. The zero-order valence-electron chi connectivity index (χ0n) is 14.1. The average molecular weight is 317 g/mol. The van der Waals surface area contributed by atoms with Crippen molar-refractivity contribution in [1.29, 1.82) is 0 Å². The number of aromatic nitrogens is 1. The zero-order chi connectivity index (χ0) is 16.6. The van der Waals surface area contributed by atoms with Gasteiger partial charge in [-0.25, -0.2) is 0 Å². The predicted octanol–water partition coefficient (Wildman–Crippen LogP) is 5.73. The van der Waals surface area contributed by atoms with E-state index in [1.165, 1.54) is 31.2 Å². The topological polar surface area (TPSA) is 33.1 Å². The summed E-state index contributed by atoms with van der Waals surface area (Å²) in [5, 5.41) is 12.6. The lowest BCUT2D eigenvalue weighted by molar-refractivity contribution is 0.334. The summed E-state index contributed by atoms with van der Waals surface area (Å²) in [4.78, 5) is 4.57. The van der Waals surface area contributed by atoms with Crippen molar-refractivity contribution in [2.75, 3.05) is 0 Å². The summed E-state index contributed by atoms with van der Waals surface area (Å²) in [5.74, 6) is 0.304. The number of hydrogen-bond donors (Lipinski definition) is 1. The highest BCUT2D eigenvalue weighted by molar-refractivity contribution is 5.86. The molecule has 0 saturated heterocycles. The molecule has 2 aromatic carbocycles. The fourth-order valence-electron chi connectivity index (χ4n) is 4.03. The standard InChI is InChI=1S/C22H23NO/c1-22(10-4-5-11-22)14-16-8-9-21(24)19(12-16)20-13-17-6-2-3-7-18(17)15-23-20/h2-3,6-9,12-13,15,24H,4-5,10-11,14H2,1H3. The quantitative estimate of drug-likeness (QED) is 0.669. The van der Waals surface area contributed by atoms with Crippen LogP contribution in [0.5, 0.6) is 5.75 Å². The van der Waals surface area contributed by atoms with Crippen LogP contribution in [0.2, 0.25) is 0 Å². The van der Waals surface area contributed by atoms with E-state index < -0.39 is 0 Å². The van der Waals surface area contributed by atoms with Crippen LogP contribution < -0.4 is 0 Å². The van der Waals surface area contributed by atoms with Gasteiger partial charge in [-0.05, 0) is 53.8 Å². The molecule has 1 aliphatic rings. The lowest BCUT2D eigenvalue weighted by atomic mass is 9.82. The van der Waals surface area contributed by atoms with E-state index in [0.29, 0.717) is 11.2 Å². The van der Waals surface area contributed by atoms with Crippen molar-refractivity contribution < 1.29 is 5.11 Å². The minimum absolute atomic E-state index is 0.304. The van der Waals surface area contributed by atoms with Gasteiger partial charge in [0.05, 0.1) is 5.69 Å². The maximum absolute atomic E-state index is 10.3. The third kappa shape index (κ3) is 2.89. The first-order chi connectivity index (χ1) is 11.6. The lowest BCUT2D eigenvalue weighted by Crippen LogP contribution is -2.14. The second-order valence-electron chi connectivity index (χ2n) is 7.46. The Labute approximate surface area is 143 Å². The second kappa shape index (κ2) is 5.94. The molecule has 1 fully saturated rings. The van der Waals surface area contributed by atoms with Crippen LogP contribution in [-0.4, -0.2) is 10.1 Å². The largest absolute Gasteiger partial charge is 0.507 e. The van der Waals surface area contributed by atoms with Crippen molar-refractivity contribution >= 4 is 10.8 Å². The van der Waals surface area contributed by atoms with Crippen LogP contribution in [0.3, 0.4) is 0 Å². The van der Waals surface area contributed by atoms with Gasteiger partial charge in [0, 0.05) is 17.1 Å². The van der Waals surface area contributed by atoms with Crippen LogP contribution in [0.25, 0.3) is 22.0 Å². The molecule has 4 rings (SSSR count). The molecule has 24 heavy (non-hydrogen) atoms. The Hall–Kier alpha value is -2.35. The Bertz CT molecular complexity index is 878. The highest BCUT2D eigenvalue weighted by Gasteiger charge is 2.28. The van der Waals surface area contributed by atoms with Crippen LogP contribution in [0.4, 0.5) is 0 Å². The summed E-state index contributed by atoms with van der Waals surface area (Å²) in [5.41, 5.74) is 3.37. The Morgan fingerprint density at radius 2 is 1.75 bits per heavy atom. The van der Waals surface area contributed by atoms with Crippen molar-refractivity contribution in [1.82, 2.24) is 4.98 Å². The Kier molecular flexibility index (Phi) is 3.76. The molecule has 0 amide bonds. The van der Waals surface area contributed by atoms with E-state index in [0.717, 1.165) is 28.5 Å². The van der Waals surface area contributed by atoms with Crippen LogP contribution in [-0.2, 0) is 6.42 Å². The highest BCUT2D eigenvalue weighted by Crippen LogP contribution is 2.41. The maximum atomic E-state index is 10.3. The van der Waals surface area contributed by atoms with Crippen LogP contribution in [0, 0.1) is 5.41 Å². The van der Waals surface area contributed by atoms with Crippen molar-refractivity contribution in [3.8, 4) is 17.0 Å². The molecule has 0 bridgehead atoms. The number of hydrogen-bond acceptors (Lipinski definition) is 2. The summed E-state index contributed by atoms with van der Waals surface area (Å²) >= 11 is 0. The number of fused-ring (bicyclic) bond motifs is 1. The second-order valence-corrected chi connectivity index (χ2v) is 7.46. The first-order valence-corrected chi connectivity index (χ1v) is 8.80. The number of nitrogens with zero attached hydrogens (tertiary/aromatic N) is 1. The average Bonchev–Trinajstić information content (AvgIpc) is 3.02. The van der Waals surface area contributed by atoms with Gasteiger partial charge in [0.25, 0.3) is 0 Å². The van der Waals surface area contributed by atoms with E-state index in [-0.39, 0.29) is 0 Å². The van der Waals surface area contributed by atoms with E-state index in [4.69, 9.17) is 0 Å². The first kappa shape index (κ1) is 15.2. The van der Waals surface area contributed by atoms with E-state index in [1.54, 1.807) is 0 Å². The Morgan fingerprint density at radius 1 is 1.00 bits per heavy atom. The minimum Gasteiger partial charge on any atom is -0.507 e. The third-order valence-corrected chi connectivity index (χ3v) is 5.41. The Morgan fingerprint density at radius 3 is 2.54 bits per heavy atom. The summed E-state index contributed by atoms with van der Waals surface area (Å²) in [6.07, 6.45) is 8.25. The lowest BCUT2D eigenvalue weighted by Gasteiger charge is -2.23. The molecule has 2 nitrogen and oxygen atoms in total. The number of aromatic hydroxyl groups is 1. The van der Waals surface area contributed by atoms with Crippen molar-refractivity contribution in [3.63, 3.8) is 0 Å². The molecule has 1 aliphatic carbocycles. The highest BCUT2D eigenvalue weighted by atomic mass is 16.3. The molecular formula is C22H23NO. The van der Waals surface area contributed by atoms with Gasteiger partial charge in [0.15, 0.2) is 0 Å². The fraction of sp³-hybridized carbons (Fsp3) is 0.318. The molecule has 0 unspecified atom stereocenters. The van der Waals surface area contributed by atoms with Crippen LogP contribution >= 0.6 is 0 Å². The summed E-state index contributed by atoms with van der Waals surface area (Å²) in [6.45, 7) is 2.39. The molecule has 1 N–H and O–H groups in total. The van der Waals surface area contributed by atoms with Gasteiger partial charge in [-0.3, -0.25) is 4.98 Å². The molecule has 0 radical (unpaired) electrons. The van der Waals surface area contributed by atoms with Crippen molar-refractivity contribution in [3.05, 3.63) is 60.3 Å². The normalized spacial score (nSPS) is 16.5. The SMILES string of the molecule is CC1(Cc2ccc(O)c(-c3cc4ccccc4cn3)c2)CCCC1. The van der Waals surface area contributed by atoms with E-state index in [1.807, 2.05) is 24.4 Å². The summed E-state index contributed by atoms with van der Waals surface area (Å²) < 4.78 is 0. The maximum Gasteiger partial charge on any atom is 0.124 e. The summed E-state index contributed by atoms with van der Waals surface area (Å²) in [7, 11) is 0. The van der Waals surface area contributed by atoms with Gasteiger partial charge in [0.2, 0.25) is 0 Å². The molecule has 122 valence electrons. The number of phenols is 1. The van der Waals surface area contributed by atoms with Crippen molar-refractivity contribution in [2.45, 2.75) is 39.0 Å². The molecule has 0 atom stereocenters. The third-order valence-electron chi connectivity index (χ3n) is 5.41.